The first-order valence-electron chi connectivity index (χ1n) is 9.96. The number of amides is 1. The lowest BCUT2D eigenvalue weighted by Gasteiger charge is -2.09. The molecular weight excluding hydrogens is 419 g/mol. The topological polar surface area (TPSA) is 78.3 Å². The molecule has 1 aromatic heterocycles. The van der Waals surface area contributed by atoms with Crippen molar-refractivity contribution < 1.29 is 18.7 Å². The zero-order chi connectivity index (χ0) is 22.1. The van der Waals surface area contributed by atoms with E-state index >= 15 is 0 Å². The third kappa shape index (κ3) is 6.21. The summed E-state index contributed by atoms with van der Waals surface area (Å²) in [5, 5.41) is 12.0. The highest BCUT2D eigenvalue weighted by Crippen LogP contribution is 2.20. The molecule has 0 spiro atoms. The second-order valence-corrected chi connectivity index (χ2v) is 7.56. The van der Waals surface area contributed by atoms with Crippen molar-refractivity contribution in [2.75, 3.05) is 26.0 Å². The third-order valence-electron chi connectivity index (χ3n) is 4.50. The predicted octanol–water partition coefficient (Wildman–Crippen LogP) is 3.59. The number of aromatic nitrogens is 3. The SMILES string of the molecule is CCn1c(CCNC(=O)c2ccccc2F)nnc1SCCOc1ccc(OC)cc1. The van der Waals surface area contributed by atoms with Crippen molar-refractivity contribution in [3.8, 4) is 11.5 Å². The highest BCUT2D eigenvalue weighted by molar-refractivity contribution is 7.99. The fourth-order valence-corrected chi connectivity index (χ4v) is 3.76. The molecule has 164 valence electrons. The largest absolute Gasteiger partial charge is 0.497 e. The van der Waals surface area contributed by atoms with Crippen LogP contribution in [0, 0.1) is 5.82 Å². The molecule has 3 aromatic rings. The van der Waals surface area contributed by atoms with Crippen LogP contribution in [0.3, 0.4) is 0 Å². The van der Waals surface area contributed by atoms with E-state index in [0.29, 0.717) is 31.9 Å². The molecule has 1 amide bonds. The van der Waals surface area contributed by atoms with Crippen LogP contribution in [-0.2, 0) is 13.0 Å². The van der Waals surface area contributed by atoms with E-state index in [1.54, 1.807) is 31.0 Å². The van der Waals surface area contributed by atoms with Crippen molar-refractivity contribution in [2.45, 2.75) is 25.0 Å². The van der Waals surface area contributed by atoms with E-state index in [0.717, 1.165) is 22.5 Å². The molecule has 1 heterocycles. The van der Waals surface area contributed by atoms with Crippen molar-refractivity contribution >= 4 is 17.7 Å². The molecule has 0 atom stereocenters. The normalized spacial score (nSPS) is 10.7. The Morgan fingerprint density at radius 3 is 2.58 bits per heavy atom. The van der Waals surface area contributed by atoms with Crippen LogP contribution in [0.2, 0.25) is 0 Å². The van der Waals surface area contributed by atoms with Gasteiger partial charge in [-0.1, -0.05) is 23.9 Å². The first kappa shape index (κ1) is 22.6. The van der Waals surface area contributed by atoms with Crippen LogP contribution >= 0.6 is 11.8 Å². The molecule has 0 aliphatic heterocycles. The molecule has 0 fully saturated rings. The number of hydrogen-bond donors (Lipinski definition) is 1. The second kappa shape index (κ2) is 11.4. The van der Waals surface area contributed by atoms with Gasteiger partial charge in [-0.3, -0.25) is 4.79 Å². The molecule has 7 nitrogen and oxygen atoms in total. The molecule has 3 rings (SSSR count). The molecule has 9 heteroatoms. The van der Waals surface area contributed by atoms with Crippen molar-refractivity contribution in [3.05, 3.63) is 65.7 Å². The molecule has 31 heavy (non-hydrogen) atoms. The van der Waals surface area contributed by atoms with E-state index in [1.807, 2.05) is 35.8 Å². The Morgan fingerprint density at radius 2 is 1.87 bits per heavy atom. The Kier molecular flexibility index (Phi) is 8.28. The monoisotopic (exact) mass is 444 g/mol. The second-order valence-electron chi connectivity index (χ2n) is 6.50. The fraction of sp³-hybridized carbons (Fsp3) is 0.318. The number of hydrogen-bond acceptors (Lipinski definition) is 6. The molecule has 0 saturated heterocycles. The van der Waals surface area contributed by atoms with Gasteiger partial charge >= 0.3 is 0 Å². The summed E-state index contributed by atoms with van der Waals surface area (Å²) in [6.07, 6.45) is 0.504. The summed E-state index contributed by atoms with van der Waals surface area (Å²) < 4.78 is 26.6. The van der Waals surface area contributed by atoms with E-state index in [9.17, 15) is 9.18 Å². The highest BCUT2D eigenvalue weighted by Gasteiger charge is 2.13. The maximum absolute atomic E-state index is 13.7. The van der Waals surface area contributed by atoms with E-state index in [2.05, 4.69) is 15.5 Å². The average Bonchev–Trinajstić information content (AvgIpc) is 3.19. The summed E-state index contributed by atoms with van der Waals surface area (Å²) in [4.78, 5) is 12.1. The van der Waals surface area contributed by atoms with E-state index < -0.39 is 11.7 Å². The number of carbonyl (C=O) groups excluding carboxylic acids is 1. The zero-order valence-corrected chi connectivity index (χ0v) is 18.3. The van der Waals surface area contributed by atoms with Gasteiger partial charge in [0.15, 0.2) is 5.16 Å². The van der Waals surface area contributed by atoms with Gasteiger partial charge in [0, 0.05) is 25.3 Å². The molecule has 0 aliphatic rings. The number of ether oxygens (including phenoxy) is 2. The number of benzene rings is 2. The first-order valence-corrected chi connectivity index (χ1v) is 11.0. The van der Waals surface area contributed by atoms with Gasteiger partial charge in [0.2, 0.25) is 0 Å². The summed E-state index contributed by atoms with van der Waals surface area (Å²) in [6.45, 7) is 3.60. The van der Waals surface area contributed by atoms with Crippen LogP contribution in [0.25, 0.3) is 0 Å². The van der Waals surface area contributed by atoms with Gasteiger partial charge in [0.05, 0.1) is 19.3 Å². The van der Waals surface area contributed by atoms with Crippen molar-refractivity contribution in [1.82, 2.24) is 20.1 Å². The molecule has 0 unspecified atom stereocenters. The van der Waals surface area contributed by atoms with E-state index in [4.69, 9.17) is 9.47 Å². The zero-order valence-electron chi connectivity index (χ0n) is 17.5. The number of halogens is 1. The molecule has 0 saturated carbocycles. The average molecular weight is 445 g/mol. The quantitative estimate of drug-likeness (QED) is 0.360. The van der Waals surface area contributed by atoms with Crippen molar-refractivity contribution in [2.24, 2.45) is 0 Å². The number of rotatable bonds is 11. The highest BCUT2D eigenvalue weighted by atomic mass is 32.2. The van der Waals surface area contributed by atoms with Crippen LogP contribution in [0.5, 0.6) is 11.5 Å². The van der Waals surface area contributed by atoms with Gasteiger partial charge in [0.1, 0.15) is 23.1 Å². The smallest absolute Gasteiger partial charge is 0.254 e. The molecular formula is C22H25FN4O3S. The summed E-state index contributed by atoms with van der Waals surface area (Å²) in [5.74, 6) is 2.09. The minimum Gasteiger partial charge on any atom is -0.497 e. The summed E-state index contributed by atoms with van der Waals surface area (Å²) in [5.41, 5.74) is 0.0348. The third-order valence-corrected chi connectivity index (χ3v) is 5.44. The Hall–Kier alpha value is -3.07. The number of nitrogens with one attached hydrogen (secondary N) is 1. The number of thioether (sulfide) groups is 1. The molecule has 2 aromatic carbocycles. The Bertz CT molecular complexity index is 995. The summed E-state index contributed by atoms with van der Waals surface area (Å²) >= 11 is 1.56. The van der Waals surface area contributed by atoms with Crippen molar-refractivity contribution in [3.63, 3.8) is 0 Å². The first-order chi connectivity index (χ1) is 15.1. The molecule has 0 aliphatic carbocycles. The number of carbonyl (C=O) groups is 1. The minimum absolute atomic E-state index is 0.0348. The molecule has 1 N–H and O–H groups in total. The Morgan fingerprint density at radius 1 is 1.13 bits per heavy atom. The van der Waals surface area contributed by atoms with Crippen LogP contribution in [-0.4, -0.2) is 46.7 Å². The lowest BCUT2D eigenvalue weighted by molar-refractivity contribution is 0.0950. The standard InChI is InChI=1S/C22H25FN4O3S/c1-3-27-20(12-13-24-21(28)18-6-4-5-7-19(18)23)25-26-22(27)31-15-14-30-17-10-8-16(29-2)9-11-17/h4-11H,3,12-15H2,1-2H3,(H,24,28). The lowest BCUT2D eigenvalue weighted by Crippen LogP contribution is -2.27. The lowest BCUT2D eigenvalue weighted by atomic mass is 10.2. The van der Waals surface area contributed by atoms with Crippen LogP contribution in [0.15, 0.2) is 53.7 Å². The van der Waals surface area contributed by atoms with Gasteiger partial charge in [-0.15, -0.1) is 10.2 Å². The maximum atomic E-state index is 13.7. The van der Waals surface area contributed by atoms with Crippen molar-refractivity contribution in [1.29, 1.82) is 0 Å². The Balaban J connectivity index is 1.46. The minimum atomic E-state index is -0.535. The fourth-order valence-electron chi connectivity index (χ4n) is 2.92. The molecule has 0 bridgehead atoms. The van der Waals surface area contributed by atoms with Gasteiger partial charge < -0.3 is 19.4 Å². The summed E-state index contributed by atoms with van der Waals surface area (Å²) in [7, 11) is 1.63. The Labute approximate surface area is 185 Å². The predicted molar refractivity (Wildman–Crippen MR) is 117 cm³/mol. The van der Waals surface area contributed by atoms with Crippen LogP contribution < -0.4 is 14.8 Å². The maximum Gasteiger partial charge on any atom is 0.254 e. The van der Waals surface area contributed by atoms with Gasteiger partial charge in [-0.25, -0.2) is 4.39 Å². The van der Waals surface area contributed by atoms with Crippen LogP contribution in [0.1, 0.15) is 23.1 Å². The van der Waals surface area contributed by atoms with E-state index in [-0.39, 0.29) is 5.56 Å². The summed E-state index contributed by atoms with van der Waals surface area (Å²) in [6, 6.07) is 13.4. The molecule has 0 radical (unpaired) electrons. The van der Waals surface area contributed by atoms with Gasteiger partial charge in [-0.2, -0.15) is 0 Å². The number of nitrogens with zero attached hydrogens (tertiary/aromatic N) is 3. The van der Waals surface area contributed by atoms with Crippen LogP contribution in [0.4, 0.5) is 4.39 Å². The number of methoxy groups -OCH3 is 1. The van der Waals surface area contributed by atoms with Gasteiger partial charge in [-0.05, 0) is 43.3 Å². The van der Waals surface area contributed by atoms with E-state index in [1.165, 1.54) is 12.1 Å². The van der Waals surface area contributed by atoms with Gasteiger partial charge in [0.25, 0.3) is 5.91 Å².